The lowest BCUT2D eigenvalue weighted by Crippen LogP contribution is -2.10. The number of carbonyl (C=O) groups is 1. The Hall–Kier alpha value is -4.13. The molecular formula is C28H27FN2O4. The number of hydrogen-bond acceptors (Lipinski definition) is 4. The second-order valence-electron chi connectivity index (χ2n) is 8.15. The second kappa shape index (κ2) is 10.9. The van der Waals surface area contributed by atoms with Gasteiger partial charge in [0.2, 0.25) is 0 Å². The van der Waals surface area contributed by atoms with E-state index < -0.39 is 12.6 Å². The molecule has 0 saturated heterocycles. The van der Waals surface area contributed by atoms with E-state index in [1.807, 2.05) is 47.1 Å². The minimum Gasteiger partial charge on any atom is -0.496 e. The number of aliphatic carboxylic acids is 1. The van der Waals surface area contributed by atoms with Crippen molar-refractivity contribution in [2.24, 2.45) is 0 Å². The Bertz CT molecular complexity index is 1320. The Labute approximate surface area is 203 Å². The van der Waals surface area contributed by atoms with Crippen LogP contribution < -0.4 is 9.47 Å². The number of methoxy groups -OCH3 is 1. The van der Waals surface area contributed by atoms with Crippen LogP contribution in [0.2, 0.25) is 0 Å². The zero-order valence-corrected chi connectivity index (χ0v) is 19.7. The highest BCUT2D eigenvalue weighted by atomic mass is 19.1. The van der Waals surface area contributed by atoms with Crippen LogP contribution in [-0.2, 0) is 17.8 Å². The molecule has 35 heavy (non-hydrogen) atoms. The molecule has 0 bridgehead atoms. The molecule has 0 atom stereocenters. The largest absolute Gasteiger partial charge is 0.496 e. The van der Waals surface area contributed by atoms with E-state index in [4.69, 9.17) is 19.7 Å². The van der Waals surface area contributed by atoms with Gasteiger partial charge >= 0.3 is 5.97 Å². The minimum atomic E-state index is -1.05. The summed E-state index contributed by atoms with van der Waals surface area (Å²) in [6.45, 7) is 2.08. The first-order chi connectivity index (χ1) is 17.0. The molecule has 0 saturated carbocycles. The minimum absolute atomic E-state index is 0.318. The highest BCUT2D eigenvalue weighted by Gasteiger charge is 2.18. The summed E-state index contributed by atoms with van der Waals surface area (Å²) in [5.74, 6) is -0.187. The van der Waals surface area contributed by atoms with Crippen molar-refractivity contribution >= 4 is 5.97 Å². The van der Waals surface area contributed by atoms with E-state index in [-0.39, 0.29) is 5.82 Å². The Morgan fingerprint density at radius 3 is 2.51 bits per heavy atom. The summed E-state index contributed by atoms with van der Waals surface area (Å²) in [5.41, 5.74) is 4.98. The normalized spacial score (nSPS) is 10.8. The number of rotatable bonds is 10. The third-order valence-corrected chi connectivity index (χ3v) is 5.64. The molecule has 7 heteroatoms. The van der Waals surface area contributed by atoms with Crippen molar-refractivity contribution in [2.75, 3.05) is 13.7 Å². The fourth-order valence-corrected chi connectivity index (χ4v) is 4.00. The van der Waals surface area contributed by atoms with Crippen LogP contribution in [0.3, 0.4) is 0 Å². The van der Waals surface area contributed by atoms with Crippen LogP contribution in [0, 0.1) is 5.82 Å². The van der Waals surface area contributed by atoms with E-state index in [9.17, 15) is 9.18 Å². The van der Waals surface area contributed by atoms with Gasteiger partial charge in [0.25, 0.3) is 0 Å². The van der Waals surface area contributed by atoms with Gasteiger partial charge in [-0.1, -0.05) is 37.6 Å². The van der Waals surface area contributed by atoms with Crippen molar-refractivity contribution in [3.8, 4) is 34.0 Å². The second-order valence-corrected chi connectivity index (χ2v) is 8.15. The summed E-state index contributed by atoms with van der Waals surface area (Å²) in [5, 5.41) is 14.0. The lowest BCUT2D eigenvalue weighted by atomic mass is 10.0. The first-order valence-corrected chi connectivity index (χ1v) is 11.4. The Morgan fingerprint density at radius 2 is 1.80 bits per heavy atom. The van der Waals surface area contributed by atoms with Crippen LogP contribution in [0.25, 0.3) is 22.5 Å². The Balaban J connectivity index is 1.84. The van der Waals surface area contributed by atoms with Gasteiger partial charge in [-0.25, -0.2) is 9.18 Å². The SMILES string of the molecule is CCCc1ccc(OCC(=O)O)c(-c2cc(-c3ccc(F)cc3)n(Cc3ccccc3OC)n2)c1. The third kappa shape index (κ3) is 5.69. The Kier molecular flexibility index (Phi) is 7.45. The topological polar surface area (TPSA) is 73.6 Å². The van der Waals surface area contributed by atoms with E-state index >= 15 is 0 Å². The van der Waals surface area contributed by atoms with Crippen molar-refractivity contribution in [3.05, 3.63) is 89.7 Å². The summed E-state index contributed by atoms with van der Waals surface area (Å²) < 4.78 is 26.6. The van der Waals surface area contributed by atoms with Gasteiger partial charge in [-0.05, 0) is 60.5 Å². The molecular weight excluding hydrogens is 447 g/mol. The molecule has 0 amide bonds. The molecule has 4 aromatic rings. The van der Waals surface area contributed by atoms with E-state index in [0.717, 1.165) is 41.0 Å². The van der Waals surface area contributed by atoms with Gasteiger partial charge in [-0.15, -0.1) is 0 Å². The summed E-state index contributed by atoms with van der Waals surface area (Å²) in [6, 6.07) is 21.6. The molecule has 0 aliphatic carbocycles. The molecule has 0 unspecified atom stereocenters. The van der Waals surface area contributed by atoms with E-state index in [0.29, 0.717) is 23.6 Å². The fourth-order valence-electron chi connectivity index (χ4n) is 4.00. The number of halogens is 1. The van der Waals surface area contributed by atoms with Gasteiger partial charge < -0.3 is 14.6 Å². The maximum absolute atomic E-state index is 13.6. The number of carboxylic acids is 1. The standard InChI is InChI=1S/C28H27FN2O4/c1-3-6-19-9-14-27(35-18-28(32)33)23(15-19)24-16-25(20-10-12-22(29)13-11-20)31(30-24)17-21-7-4-5-8-26(21)34-2/h4-5,7-16H,3,6,17-18H2,1-2H3,(H,32,33). The van der Waals surface area contributed by atoms with Gasteiger partial charge in [0, 0.05) is 16.7 Å². The van der Waals surface area contributed by atoms with Crippen molar-refractivity contribution in [1.29, 1.82) is 0 Å². The molecule has 3 aromatic carbocycles. The van der Waals surface area contributed by atoms with Gasteiger partial charge in [0.05, 0.1) is 25.0 Å². The smallest absolute Gasteiger partial charge is 0.341 e. The predicted octanol–water partition coefficient (Wildman–Crippen LogP) is 5.83. The molecule has 0 spiro atoms. The first-order valence-electron chi connectivity index (χ1n) is 11.4. The predicted molar refractivity (Wildman–Crippen MR) is 132 cm³/mol. The van der Waals surface area contributed by atoms with Crippen LogP contribution in [0.15, 0.2) is 72.8 Å². The van der Waals surface area contributed by atoms with Gasteiger partial charge in [0.15, 0.2) is 6.61 Å². The number of hydrogen-bond donors (Lipinski definition) is 1. The van der Waals surface area contributed by atoms with E-state index in [1.54, 1.807) is 25.3 Å². The van der Waals surface area contributed by atoms with Crippen molar-refractivity contribution in [2.45, 2.75) is 26.3 Å². The monoisotopic (exact) mass is 474 g/mol. The maximum atomic E-state index is 13.6. The Morgan fingerprint density at radius 1 is 1.03 bits per heavy atom. The molecule has 6 nitrogen and oxygen atoms in total. The highest BCUT2D eigenvalue weighted by molar-refractivity contribution is 5.74. The molecule has 0 fully saturated rings. The first kappa shape index (κ1) is 24.0. The zero-order valence-electron chi connectivity index (χ0n) is 19.7. The summed E-state index contributed by atoms with van der Waals surface area (Å²) in [6.07, 6.45) is 1.84. The van der Waals surface area contributed by atoms with Crippen LogP contribution in [-0.4, -0.2) is 34.6 Å². The summed E-state index contributed by atoms with van der Waals surface area (Å²) in [7, 11) is 1.62. The zero-order chi connectivity index (χ0) is 24.8. The molecule has 0 radical (unpaired) electrons. The van der Waals surface area contributed by atoms with Crippen LogP contribution in [0.5, 0.6) is 11.5 Å². The van der Waals surface area contributed by atoms with Crippen molar-refractivity contribution in [3.63, 3.8) is 0 Å². The molecule has 1 heterocycles. The number of benzene rings is 3. The number of carboxylic acid groups (broad SMARTS) is 1. The average molecular weight is 475 g/mol. The fraction of sp³-hybridized carbons (Fsp3) is 0.214. The quantitative estimate of drug-likeness (QED) is 0.313. The number of ether oxygens (including phenoxy) is 2. The molecule has 0 aliphatic heterocycles. The maximum Gasteiger partial charge on any atom is 0.341 e. The lowest BCUT2D eigenvalue weighted by Gasteiger charge is -2.12. The summed E-state index contributed by atoms with van der Waals surface area (Å²) in [4.78, 5) is 11.1. The molecule has 1 aromatic heterocycles. The third-order valence-electron chi connectivity index (χ3n) is 5.64. The average Bonchev–Trinajstić information content (AvgIpc) is 3.27. The van der Waals surface area contributed by atoms with Crippen LogP contribution in [0.4, 0.5) is 4.39 Å². The number of nitrogens with zero attached hydrogens (tertiary/aromatic N) is 2. The van der Waals surface area contributed by atoms with E-state index in [2.05, 4.69) is 6.92 Å². The lowest BCUT2D eigenvalue weighted by molar-refractivity contribution is -0.139. The van der Waals surface area contributed by atoms with Crippen molar-refractivity contribution in [1.82, 2.24) is 9.78 Å². The van der Waals surface area contributed by atoms with Gasteiger partial charge in [0.1, 0.15) is 17.3 Å². The van der Waals surface area contributed by atoms with Crippen molar-refractivity contribution < 1.29 is 23.8 Å². The van der Waals surface area contributed by atoms with Crippen LogP contribution in [0.1, 0.15) is 24.5 Å². The molecule has 1 N–H and O–H groups in total. The number of aryl methyl sites for hydroxylation is 1. The molecule has 180 valence electrons. The van der Waals surface area contributed by atoms with Crippen LogP contribution >= 0.6 is 0 Å². The number of aromatic nitrogens is 2. The number of para-hydroxylation sites is 1. The van der Waals surface area contributed by atoms with Gasteiger partial charge in [-0.3, -0.25) is 4.68 Å². The van der Waals surface area contributed by atoms with E-state index in [1.165, 1.54) is 12.1 Å². The summed E-state index contributed by atoms with van der Waals surface area (Å²) >= 11 is 0. The molecule has 4 rings (SSSR count). The molecule has 0 aliphatic rings. The highest BCUT2D eigenvalue weighted by Crippen LogP contribution is 2.34. The van der Waals surface area contributed by atoms with Gasteiger partial charge in [-0.2, -0.15) is 5.10 Å².